The second-order valence-electron chi connectivity index (χ2n) is 5.50. The Balaban J connectivity index is 1.94. The topological polar surface area (TPSA) is 37.1 Å². The van der Waals surface area contributed by atoms with E-state index in [4.69, 9.17) is 11.6 Å². The molecule has 0 aliphatic carbocycles. The zero-order valence-electron chi connectivity index (χ0n) is 14.2. The number of aliphatic imine (C=N–C) groups is 3. The Kier molecular flexibility index (Phi) is 6.07. The highest BCUT2D eigenvalue weighted by atomic mass is 35.5. The summed E-state index contributed by atoms with van der Waals surface area (Å²) in [6.07, 6.45) is 0. The van der Waals surface area contributed by atoms with Gasteiger partial charge in [0.2, 0.25) is 0 Å². The van der Waals surface area contributed by atoms with Crippen LogP contribution in [0.15, 0.2) is 99.9 Å². The smallest absolute Gasteiger partial charge is 0.161 e. The van der Waals surface area contributed by atoms with Crippen molar-refractivity contribution in [3.63, 3.8) is 0 Å². The molecule has 3 nitrogen and oxygen atoms in total. The van der Waals surface area contributed by atoms with Crippen molar-refractivity contribution in [1.29, 1.82) is 0 Å². The van der Waals surface area contributed by atoms with Gasteiger partial charge in [-0.1, -0.05) is 84.9 Å². The molecule has 0 fully saturated rings. The predicted molar refractivity (Wildman–Crippen MR) is 112 cm³/mol. The van der Waals surface area contributed by atoms with E-state index in [2.05, 4.69) is 33.8 Å². The van der Waals surface area contributed by atoms with Crippen molar-refractivity contribution in [3.8, 4) is 11.1 Å². The first-order valence-electron chi connectivity index (χ1n) is 8.19. The molecule has 4 heteroatoms. The van der Waals surface area contributed by atoms with Crippen molar-refractivity contribution in [2.75, 3.05) is 6.00 Å². The SMILES string of the molecule is C=N/C(=N\C(=N/CCl)c1ccc(-c2ccccc2)cc1)c1ccccc1. The number of nitrogens with zero attached hydrogens (tertiary/aromatic N) is 3. The van der Waals surface area contributed by atoms with E-state index in [-0.39, 0.29) is 6.00 Å². The van der Waals surface area contributed by atoms with Crippen LogP contribution in [-0.4, -0.2) is 24.4 Å². The number of alkyl halides is 1. The normalized spacial score (nSPS) is 12.0. The summed E-state index contributed by atoms with van der Waals surface area (Å²) >= 11 is 5.84. The lowest BCUT2D eigenvalue weighted by Gasteiger charge is -2.06. The Labute approximate surface area is 158 Å². The maximum atomic E-state index is 5.84. The largest absolute Gasteiger partial charge is 0.250 e. The van der Waals surface area contributed by atoms with Gasteiger partial charge in [0.25, 0.3) is 0 Å². The van der Waals surface area contributed by atoms with Crippen LogP contribution in [0.2, 0.25) is 0 Å². The number of amidine groups is 2. The highest BCUT2D eigenvalue weighted by molar-refractivity contribution is 6.19. The molecular formula is C22H18ClN3. The fourth-order valence-corrected chi connectivity index (χ4v) is 2.68. The first-order valence-corrected chi connectivity index (χ1v) is 8.72. The Hall–Kier alpha value is -3.04. The molecule has 0 atom stereocenters. The first-order chi connectivity index (χ1) is 12.8. The third kappa shape index (κ3) is 4.32. The van der Waals surface area contributed by atoms with Crippen LogP contribution in [0, 0.1) is 0 Å². The van der Waals surface area contributed by atoms with Gasteiger partial charge in [0, 0.05) is 11.1 Å². The van der Waals surface area contributed by atoms with Gasteiger partial charge in [0.05, 0.1) is 0 Å². The minimum Gasteiger partial charge on any atom is -0.250 e. The average Bonchev–Trinajstić information content (AvgIpc) is 2.72. The van der Waals surface area contributed by atoms with Crippen LogP contribution in [0.5, 0.6) is 0 Å². The molecule has 26 heavy (non-hydrogen) atoms. The molecule has 3 aromatic carbocycles. The summed E-state index contributed by atoms with van der Waals surface area (Å²) in [4.78, 5) is 12.9. The summed E-state index contributed by atoms with van der Waals surface area (Å²) in [5.74, 6) is 1.05. The second kappa shape index (κ2) is 8.88. The van der Waals surface area contributed by atoms with Crippen LogP contribution < -0.4 is 0 Å². The van der Waals surface area contributed by atoms with E-state index < -0.39 is 0 Å². The molecule has 0 heterocycles. The number of hydrogen-bond acceptors (Lipinski definition) is 1. The third-order valence-corrected chi connectivity index (χ3v) is 3.97. The molecule has 3 rings (SSSR count). The van der Waals surface area contributed by atoms with Gasteiger partial charge >= 0.3 is 0 Å². The minimum absolute atomic E-state index is 0.123. The maximum absolute atomic E-state index is 5.84. The molecule has 0 aliphatic heterocycles. The molecule has 0 radical (unpaired) electrons. The Morgan fingerprint density at radius 1 is 0.692 bits per heavy atom. The van der Waals surface area contributed by atoms with Gasteiger partial charge in [-0.25, -0.2) is 15.0 Å². The highest BCUT2D eigenvalue weighted by Gasteiger charge is 2.07. The standard InChI is InChI=1S/C22H18ClN3/c1-24-21(19-10-6-3-7-11-19)26-22(25-16-23)20-14-12-18(13-15-20)17-8-4-2-5-9-17/h2-15H,1,16H2/b25-22-,26-21-. The summed E-state index contributed by atoms with van der Waals surface area (Å²) in [6.45, 7) is 3.63. The average molecular weight is 360 g/mol. The number of rotatable bonds is 4. The first kappa shape index (κ1) is 17.8. The lowest BCUT2D eigenvalue weighted by Crippen LogP contribution is -2.05. The summed E-state index contributed by atoms with van der Waals surface area (Å²) in [7, 11) is 0. The van der Waals surface area contributed by atoms with Crippen molar-refractivity contribution in [1.82, 2.24) is 0 Å². The van der Waals surface area contributed by atoms with E-state index in [1.807, 2.05) is 72.8 Å². The van der Waals surface area contributed by atoms with Crippen LogP contribution in [-0.2, 0) is 0 Å². The van der Waals surface area contributed by atoms with Crippen LogP contribution in [0.25, 0.3) is 11.1 Å². The zero-order chi connectivity index (χ0) is 18.2. The number of halogens is 1. The number of benzene rings is 3. The molecule has 0 unspecified atom stereocenters. The van der Waals surface area contributed by atoms with Crippen molar-refractivity contribution in [3.05, 3.63) is 96.1 Å². The van der Waals surface area contributed by atoms with Gasteiger partial charge in [-0.2, -0.15) is 0 Å². The van der Waals surface area contributed by atoms with Crippen LogP contribution in [0.3, 0.4) is 0 Å². The van der Waals surface area contributed by atoms with Gasteiger partial charge in [-0.15, -0.1) is 11.6 Å². The highest BCUT2D eigenvalue weighted by Crippen LogP contribution is 2.20. The Bertz CT molecular complexity index is 915. The molecule has 0 bridgehead atoms. The molecular weight excluding hydrogens is 342 g/mol. The van der Waals surface area contributed by atoms with Crippen molar-refractivity contribution >= 4 is 30.0 Å². The second-order valence-corrected chi connectivity index (χ2v) is 5.74. The molecule has 0 saturated carbocycles. The Morgan fingerprint density at radius 2 is 1.23 bits per heavy atom. The van der Waals surface area contributed by atoms with E-state index in [1.165, 1.54) is 0 Å². The molecule has 0 aliphatic rings. The summed E-state index contributed by atoms with van der Waals surface area (Å²) < 4.78 is 0. The molecule has 0 N–H and O–H groups in total. The van der Waals surface area contributed by atoms with Gasteiger partial charge in [0.15, 0.2) is 11.7 Å². The van der Waals surface area contributed by atoms with Gasteiger partial charge < -0.3 is 0 Å². The van der Waals surface area contributed by atoms with Crippen LogP contribution in [0.1, 0.15) is 11.1 Å². The minimum atomic E-state index is 0.123. The summed E-state index contributed by atoms with van der Waals surface area (Å²) in [5, 5.41) is 0. The molecule has 0 amide bonds. The monoisotopic (exact) mass is 359 g/mol. The van der Waals surface area contributed by atoms with E-state index >= 15 is 0 Å². The van der Waals surface area contributed by atoms with Gasteiger partial charge in [0.1, 0.15) is 6.00 Å². The quantitative estimate of drug-likeness (QED) is 0.257. The molecule has 0 spiro atoms. The van der Waals surface area contributed by atoms with E-state index in [0.29, 0.717) is 11.7 Å². The van der Waals surface area contributed by atoms with E-state index in [9.17, 15) is 0 Å². The van der Waals surface area contributed by atoms with Crippen molar-refractivity contribution < 1.29 is 0 Å². The fourth-order valence-electron chi connectivity index (χ4n) is 2.57. The van der Waals surface area contributed by atoms with E-state index in [0.717, 1.165) is 22.3 Å². The fraction of sp³-hybridized carbons (Fsp3) is 0.0455. The molecule has 0 saturated heterocycles. The molecule has 128 valence electrons. The van der Waals surface area contributed by atoms with Crippen molar-refractivity contribution in [2.45, 2.75) is 0 Å². The third-order valence-electron chi connectivity index (χ3n) is 3.85. The molecule has 0 aromatic heterocycles. The van der Waals surface area contributed by atoms with Crippen LogP contribution in [0.4, 0.5) is 0 Å². The summed E-state index contributed by atoms with van der Waals surface area (Å²) in [5.41, 5.74) is 4.05. The maximum Gasteiger partial charge on any atom is 0.161 e. The predicted octanol–water partition coefficient (Wildman–Crippen LogP) is 5.44. The Morgan fingerprint density at radius 3 is 1.81 bits per heavy atom. The number of hydrogen-bond donors (Lipinski definition) is 0. The summed E-state index contributed by atoms with van der Waals surface area (Å²) in [6, 6.07) is 28.1. The lowest BCUT2D eigenvalue weighted by atomic mass is 10.0. The van der Waals surface area contributed by atoms with Crippen molar-refractivity contribution in [2.24, 2.45) is 15.0 Å². The van der Waals surface area contributed by atoms with Gasteiger partial charge in [-0.05, 0) is 17.8 Å². The molecule has 3 aromatic rings. The zero-order valence-corrected chi connectivity index (χ0v) is 15.0. The van der Waals surface area contributed by atoms with Gasteiger partial charge in [-0.3, -0.25) is 0 Å². The lowest BCUT2D eigenvalue weighted by molar-refractivity contribution is 1.32. The van der Waals surface area contributed by atoms with E-state index in [1.54, 1.807) is 0 Å². The van der Waals surface area contributed by atoms with Crippen LogP contribution >= 0.6 is 11.6 Å².